The van der Waals surface area contributed by atoms with Crippen LogP contribution < -0.4 is 15.4 Å². The number of nitrogens with one attached hydrogen (secondary N) is 2. The Hall–Kier alpha value is -3.12. The minimum Gasteiger partial charge on any atom is -0.483 e. The van der Waals surface area contributed by atoms with Gasteiger partial charge in [0.1, 0.15) is 5.75 Å². The van der Waals surface area contributed by atoms with Crippen molar-refractivity contribution >= 4 is 39.1 Å². The molecule has 3 aromatic carbocycles. The maximum absolute atomic E-state index is 12.2. The smallest absolute Gasteiger partial charge is 0.262 e. The van der Waals surface area contributed by atoms with E-state index in [-0.39, 0.29) is 18.4 Å². The lowest BCUT2D eigenvalue weighted by molar-refractivity contribution is -0.118. The van der Waals surface area contributed by atoms with Crippen molar-refractivity contribution in [2.24, 2.45) is 0 Å². The third-order valence-corrected chi connectivity index (χ3v) is 5.17. The van der Waals surface area contributed by atoms with E-state index in [0.717, 1.165) is 21.2 Å². The van der Waals surface area contributed by atoms with Crippen molar-refractivity contribution in [2.45, 2.75) is 26.7 Å². The molecule has 0 aliphatic heterocycles. The maximum atomic E-state index is 12.2. The number of halogens is 1. The first-order valence-electron chi connectivity index (χ1n) is 10.0. The second-order valence-electron chi connectivity index (χ2n) is 7.32. The molecule has 3 rings (SSSR count). The average Bonchev–Trinajstić information content (AvgIpc) is 2.73. The van der Waals surface area contributed by atoms with Crippen molar-refractivity contribution in [3.05, 3.63) is 87.9 Å². The Labute approximate surface area is 191 Å². The zero-order valence-corrected chi connectivity index (χ0v) is 19.2. The number of anilines is 2. The van der Waals surface area contributed by atoms with Crippen molar-refractivity contribution in [2.75, 3.05) is 17.2 Å². The number of ether oxygens (including phenoxy) is 1. The van der Waals surface area contributed by atoms with E-state index < -0.39 is 0 Å². The molecule has 0 saturated heterocycles. The molecule has 2 N–H and O–H groups in total. The molecule has 0 bridgehead atoms. The molecule has 0 aromatic heterocycles. The highest BCUT2D eigenvalue weighted by atomic mass is 79.9. The first-order valence-corrected chi connectivity index (χ1v) is 10.8. The first kappa shape index (κ1) is 22.6. The number of rotatable bonds is 8. The van der Waals surface area contributed by atoms with Gasteiger partial charge in [-0.05, 0) is 73.4 Å². The van der Waals surface area contributed by atoms with Crippen LogP contribution in [0.1, 0.15) is 23.1 Å². The number of hydrogen-bond donors (Lipinski definition) is 2. The Bertz CT molecular complexity index is 1030. The molecular weight excluding hydrogens is 456 g/mol. The van der Waals surface area contributed by atoms with Crippen LogP contribution in [0.4, 0.5) is 11.4 Å². The molecule has 0 aliphatic rings. The molecule has 0 heterocycles. The highest BCUT2D eigenvalue weighted by molar-refractivity contribution is 9.10. The van der Waals surface area contributed by atoms with Gasteiger partial charge in [0.05, 0.1) is 0 Å². The van der Waals surface area contributed by atoms with Gasteiger partial charge in [0, 0.05) is 22.3 Å². The molecule has 0 spiro atoms. The lowest BCUT2D eigenvalue weighted by atomic mass is 10.1. The van der Waals surface area contributed by atoms with E-state index in [0.29, 0.717) is 30.0 Å². The first-order chi connectivity index (χ1) is 14.9. The highest BCUT2D eigenvalue weighted by Crippen LogP contribution is 2.27. The summed E-state index contributed by atoms with van der Waals surface area (Å²) in [6.45, 7) is 3.80. The summed E-state index contributed by atoms with van der Waals surface area (Å²) in [6, 6.07) is 20.8. The van der Waals surface area contributed by atoms with Crippen molar-refractivity contribution < 1.29 is 14.3 Å². The highest BCUT2D eigenvalue weighted by Gasteiger charge is 2.09. The van der Waals surface area contributed by atoms with E-state index in [2.05, 4.69) is 26.6 Å². The summed E-state index contributed by atoms with van der Waals surface area (Å²) in [5.41, 5.74) is 4.39. The normalized spacial score (nSPS) is 10.4. The van der Waals surface area contributed by atoms with Crippen LogP contribution >= 0.6 is 15.9 Å². The van der Waals surface area contributed by atoms with Crippen LogP contribution in [0.5, 0.6) is 5.75 Å². The Balaban J connectivity index is 1.46. The van der Waals surface area contributed by atoms with Crippen LogP contribution in [-0.2, 0) is 16.0 Å². The molecule has 0 saturated carbocycles. The fourth-order valence-corrected chi connectivity index (χ4v) is 3.91. The molecule has 0 atom stereocenters. The Morgan fingerprint density at radius 2 is 1.39 bits per heavy atom. The van der Waals surface area contributed by atoms with Crippen LogP contribution in [0.15, 0.2) is 71.2 Å². The summed E-state index contributed by atoms with van der Waals surface area (Å²) >= 11 is 3.45. The predicted octanol–water partition coefficient (Wildman–Crippen LogP) is 5.65. The van der Waals surface area contributed by atoms with E-state index in [1.165, 1.54) is 0 Å². The van der Waals surface area contributed by atoms with Crippen LogP contribution in [0.2, 0.25) is 0 Å². The predicted molar refractivity (Wildman–Crippen MR) is 128 cm³/mol. The topological polar surface area (TPSA) is 67.4 Å². The van der Waals surface area contributed by atoms with Gasteiger partial charge < -0.3 is 15.4 Å². The molecule has 31 heavy (non-hydrogen) atoms. The van der Waals surface area contributed by atoms with Crippen LogP contribution in [-0.4, -0.2) is 18.4 Å². The summed E-state index contributed by atoms with van der Waals surface area (Å²) in [5, 5.41) is 5.68. The summed E-state index contributed by atoms with van der Waals surface area (Å²) in [4.78, 5) is 24.4. The van der Waals surface area contributed by atoms with Crippen molar-refractivity contribution in [1.82, 2.24) is 0 Å². The van der Waals surface area contributed by atoms with Gasteiger partial charge in [-0.2, -0.15) is 0 Å². The molecule has 160 valence electrons. The van der Waals surface area contributed by atoms with Crippen LogP contribution in [0.3, 0.4) is 0 Å². The van der Waals surface area contributed by atoms with Crippen LogP contribution in [0.25, 0.3) is 0 Å². The lowest BCUT2D eigenvalue weighted by Gasteiger charge is -2.13. The molecule has 0 aliphatic carbocycles. The minimum atomic E-state index is -0.249. The second-order valence-corrected chi connectivity index (χ2v) is 8.23. The quantitative estimate of drug-likeness (QED) is 0.437. The number of aryl methyl sites for hydroxylation is 3. The largest absolute Gasteiger partial charge is 0.483 e. The molecule has 2 amide bonds. The van der Waals surface area contributed by atoms with Gasteiger partial charge in [-0.15, -0.1) is 0 Å². The summed E-state index contributed by atoms with van der Waals surface area (Å²) in [7, 11) is 0. The third kappa shape index (κ3) is 6.96. The zero-order valence-electron chi connectivity index (χ0n) is 17.6. The number of benzene rings is 3. The van der Waals surface area contributed by atoms with E-state index in [1.807, 2.05) is 56.3 Å². The molecule has 6 heteroatoms. The van der Waals surface area contributed by atoms with E-state index in [9.17, 15) is 9.59 Å². The Kier molecular flexibility index (Phi) is 7.84. The van der Waals surface area contributed by atoms with Crippen LogP contribution in [0, 0.1) is 13.8 Å². The van der Waals surface area contributed by atoms with Gasteiger partial charge in [0.15, 0.2) is 6.61 Å². The van der Waals surface area contributed by atoms with Gasteiger partial charge in [-0.3, -0.25) is 9.59 Å². The van der Waals surface area contributed by atoms with E-state index in [4.69, 9.17) is 4.74 Å². The van der Waals surface area contributed by atoms with Crippen molar-refractivity contribution in [3.8, 4) is 5.75 Å². The zero-order chi connectivity index (χ0) is 22.2. The molecule has 0 unspecified atom stereocenters. The molecule has 5 nitrogen and oxygen atoms in total. The fraction of sp³-hybridized carbons (Fsp3) is 0.200. The number of carbonyl (C=O) groups is 2. The summed E-state index contributed by atoms with van der Waals surface area (Å²) < 4.78 is 6.68. The van der Waals surface area contributed by atoms with Gasteiger partial charge in [0.2, 0.25) is 5.91 Å². The van der Waals surface area contributed by atoms with Gasteiger partial charge in [-0.1, -0.05) is 46.3 Å². The van der Waals surface area contributed by atoms with Gasteiger partial charge >= 0.3 is 0 Å². The lowest BCUT2D eigenvalue weighted by Crippen LogP contribution is -2.20. The summed E-state index contributed by atoms with van der Waals surface area (Å²) in [6.07, 6.45) is 1.10. The molecule has 3 aromatic rings. The minimum absolute atomic E-state index is 0.0470. The number of amides is 2. The van der Waals surface area contributed by atoms with Crippen molar-refractivity contribution in [3.63, 3.8) is 0 Å². The maximum Gasteiger partial charge on any atom is 0.262 e. The molecular formula is C25H25BrN2O3. The number of carbonyl (C=O) groups excluding carboxylic acids is 2. The van der Waals surface area contributed by atoms with Crippen molar-refractivity contribution in [1.29, 1.82) is 0 Å². The van der Waals surface area contributed by atoms with Gasteiger partial charge in [-0.25, -0.2) is 0 Å². The van der Waals surface area contributed by atoms with E-state index in [1.54, 1.807) is 24.3 Å². The SMILES string of the molecule is Cc1cc(Br)cc(C)c1OCC(=O)Nc1ccc(NC(=O)CCc2ccccc2)cc1. The fourth-order valence-electron chi connectivity index (χ4n) is 3.22. The summed E-state index contributed by atoms with van der Waals surface area (Å²) in [5.74, 6) is 0.419. The standard InChI is InChI=1S/C25H25BrN2O3/c1-17-14-20(26)15-18(2)25(17)31-16-24(30)28-22-11-9-21(10-12-22)27-23(29)13-8-19-6-4-3-5-7-19/h3-7,9-12,14-15H,8,13,16H2,1-2H3,(H,27,29)(H,28,30). The van der Waals surface area contributed by atoms with E-state index >= 15 is 0 Å². The average molecular weight is 481 g/mol. The monoisotopic (exact) mass is 480 g/mol. The Morgan fingerprint density at radius 1 is 0.839 bits per heavy atom. The number of hydrogen-bond acceptors (Lipinski definition) is 3. The molecule has 0 fully saturated rings. The Morgan fingerprint density at radius 3 is 1.97 bits per heavy atom. The van der Waals surface area contributed by atoms with Gasteiger partial charge in [0.25, 0.3) is 5.91 Å². The third-order valence-electron chi connectivity index (χ3n) is 4.71. The molecule has 0 radical (unpaired) electrons. The second kappa shape index (κ2) is 10.8.